The van der Waals surface area contributed by atoms with E-state index in [1.807, 2.05) is 20.8 Å². The van der Waals surface area contributed by atoms with Gasteiger partial charge in [-0.15, -0.1) is 0 Å². The van der Waals surface area contributed by atoms with Crippen LogP contribution >= 0.6 is 0 Å². The van der Waals surface area contributed by atoms with Gasteiger partial charge in [0.05, 0.1) is 0 Å². The van der Waals surface area contributed by atoms with Gasteiger partial charge >= 0.3 is 6.09 Å². The summed E-state index contributed by atoms with van der Waals surface area (Å²) in [6.45, 7) is 9.55. The van der Waals surface area contributed by atoms with Crippen molar-refractivity contribution >= 4 is 6.09 Å². The summed E-state index contributed by atoms with van der Waals surface area (Å²) >= 11 is 0. The Morgan fingerprint density at radius 1 is 1.47 bits per heavy atom. The number of rotatable bonds is 4. The average Bonchev–Trinajstić information content (AvgIpc) is 2.11. The van der Waals surface area contributed by atoms with Crippen molar-refractivity contribution in [2.24, 2.45) is 11.8 Å². The SMILES string of the molecule is CCC(CCO)C1CN(C(=O)OC(C)(C)C)C1. The molecular formula is C13H25NO3. The fourth-order valence-electron chi connectivity index (χ4n) is 2.23. The number of amides is 1. The summed E-state index contributed by atoms with van der Waals surface area (Å²) in [5.41, 5.74) is -0.419. The van der Waals surface area contributed by atoms with Gasteiger partial charge in [-0.1, -0.05) is 13.3 Å². The Morgan fingerprint density at radius 2 is 2.06 bits per heavy atom. The second-order valence-corrected chi connectivity index (χ2v) is 5.83. The third-order valence-corrected chi connectivity index (χ3v) is 3.25. The molecule has 4 heteroatoms. The molecule has 1 fully saturated rings. The fraction of sp³-hybridized carbons (Fsp3) is 0.923. The monoisotopic (exact) mass is 243 g/mol. The van der Waals surface area contributed by atoms with E-state index in [-0.39, 0.29) is 12.7 Å². The van der Waals surface area contributed by atoms with Crippen LogP contribution in [-0.4, -0.2) is 41.4 Å². The molecule has 0 radical (unpaired) electrons. The molecule has 4 nitrogen and oxygen atoms in total. The van der Waals surface area contributed by atoms with Crippen molar-refractivity contribution in [3.63, 3.8) is 0 Å². The largest absolute Gasteiger partial charge is 0.444 e. The molecule has 1 aliphatic rings. The number of likely N-dealkylation sites (tertiary alicyclic amines) is 1. The first-order valence-corrected chi connectivity index (χ1v) is 6.46. The van der Waals surface area contributed by atoms with Crippen LogP contribution in [0.5, 0.6) is 0 Å². The summed E-state index contributed by atoms with van der Waals surface area (Å²) in [6.07, 6.45) is 1.68. The number of carbonyl (C=O) groups is 1. The molecule has 100 valence electrons. The molecule has 1 amide bonds. The van der Waals surface area contributed by atoms with Gasteiger partial charge in [-0.25, -0.2) is 4.79 Å². The van der Waals surface area contributed by atoms with Gasteiger partial charge in [0.2, 0.25) is 0 Å². The number of hydrogen-bond acceptors (Lipinski definition) is 3. The maximum atomic E-state index is 11.7. The van der Waals surface area contributed by atoms with Crippen LogP contribution < -0.4 is 0 Å². The van der Waals surface area contributed by atoms with E-state index in [9.17, 15) is 4.79 Å². The topological polar surface area (TPSA) is 49.8 Å². The summed E-state index contributed by atoms with van der Waals surface area (Å²) in [5, 5.41) is 8.96. The molecule has 0 aliphatic carbocycles. The van der Waals surface area contributed by atoms with Gasteiger partial charge in [0.15, 0.2) is 0 Å². The van der Waals surface area contributed by atoms with Crippen molar-refractivity contribution < 1.29 is 14.6 Å². The molecule has 1 unspecified atom stereocenters. The Kier molecular flexibility index (Phi) is 4.80. The van der Waals surface area contributed by atoms with Gasteiger partial charge in [0, 0.05) is 19.7 Å². The minimum Gasteiger partial charge on any atom is -0.444 e. The molecule has 1 N–H and O–H groups in total. The molecule has 1 saturated heterocycles. The Bertz CT molecular complexity index is 254. The molecule has 0 aromatic rings. The van der Waals surface area contributed by atoms with Crippen LogP contribution in [-0.2, 0) is 4.74 Å². The summed E-state index contributed by atoms with van der Waals surface area (Å²) in [4.78, 5) is 13.5. The van der Waals surface area contributed by atoms with Gasteiger partial charge < -0.3 is 14.7 Å². The minimum atomic E-state index is -0.419. The highest BCUT2D eigenvalue weighted by Crippen LogP contribution is 2.29. The van der Waals surface area contributed by atoms with Gasteiger partial charge in [-0.05, 0) is 39.0 Å². The lowest BCUT2D eigenvalue weighted by Crippen LogP contribution is -2.54. The zero-order chi connectivity index (χ0) is 13.1. The molecular weight excluding hydrogens is 218 g/mol. The predicted molar refractivity (Wildman–Crippen MR) is 66.8 cm³/mol. The van der Waals surface area contributed by atoms with Crippen molar-refractivity contribution in [2.45, 2.75) is 46.1 Å². The third-order valence-electron chi connectivity index (χ3n) is 3.25. The summed E-state index contributed by atoms with van der Waals surface area (Å²) < 4.78 is 5.30. The van der Waals surface area contributed by atoms with Crippen LogP contribution in [0.1, 0.15) is 40.5 Å². The number of aliphatic hydroxyl groups is 1. The van der Waals surface area contributed by atoms with E-state index < -0.39 is 5.60 Å². The first kappa shape index (κ1) is 14.3. The van der Waals surface area contributed by atoms with E-state index in [4.69, 9.17) is 9.84 Å². The molecule has 0 aromatic heterocycles. The lowest BCUT2D eigenvalue weighted by molar-refractivity contribution is -0.0133. The van der Waals surface area contributed by atoms with E-state index in [0.29, 0.717) is 11.8 Å². The number of carbonyl (C=O) groups excluding carboxylic acids is 1. The standard InChI is InChI=1S/C13H25NO3/c1-5-10(6-7-15)11-8-14(9-11)12(16)17-13(2,3)4/h10-11,15H,5-9H2,1-4H3. The van der Waals surface area contributed by atoms with Crippen molar-refractivity contribution in [1.29, 1.82) is 0 Å². The van der Waals surface area contributed by atoms with Crippen LogP contribution in [0.3, 0.4) is 0 Å². The third kappa shape index (κ3) is 4.19. The van der Waals surface area contributed by atoms with E-state index in [1.165, 1.54) is 0 Å². The Hall–Kier alpha value is -0.770. The highest BCUT2D eigenvalue weighted by atomic mass is 16.6. The van der Waals surface area contributed by atoms with Crippen LogP contribution in [0, 0.1) is 11.8 Å². The molecule has 1 aliphatic heterocycles. The summed E-state index contributed by atoms with van der Waals surface area (Å²) in [6, 6.07) is 0. The van der Waals surface area contributed by atoms with Crippen LogP contribution in [0.25, 0.3) is 0 Å². The number of ether oxygens (including phenoxy) is 1. The molecule has 1 rings (SSSR count). The highest BCUT2D eigenvalue weighted by molar-refractivity contribution is 5.69. The predicted octanol–water partition coefficient (Wildman–Crippen LogP) is 2.26. The fourth-order valence-corrected chi connectivity index (χ4v) is 2.23. The zero-order valence-electron chi connectivity index (χ0n) is 11.4. The van der Waals surface area contributed by atoms with Crippen molar-refractivity contribution in [2.75, 3.05) is 19.7 Å². The molecule has 17 heavy (non-hydrogen) atoms. The van der Waals surface area contributed by atoms with Crippen LogP contribution in [0.15, 0.2) is 0 Å². The smallest absolute Gasteiger partial charge is 0.410 e. The number of aliphatic hydroxyl groups excluding tert-OH is 1. The van der Waals surface area contributed by atoms with Crippen molar-refractivity contribution in [3.05, 3.63) is 0 Å². The highest BCUT2D eigenvalue weighted by Gasteiger charge is 2.37. The maximum Gasteiger partial charge on any atom is 0.410 e. The van der Waals surface area contributed by atoms with Gasteiger partial charge in [-0.2, -0.15) is 0 Å². The lowest BCUT2D eigenvalue weighted by Gasteiger charge is -2.43. The minimum absolute atomic E-state index is 0.215. The van der Waals surface area contributed by atoms with Gasteiger partial charge in [0.1, 0.15) is 5.60 Å². The molecule has 0 bridgehead atoms. The number of nitrogens with zero attached hydrogens (tertiary/aromatic N) is 1. The Labute approximate surface area is 104 Å². The lowest BCUT2D eigenvalue weighted by atomic mass is 9.82. The zero-order valence-corrected chi connectivity index (χ0v) is 11.4. The Morgan fingerprint density at radius 3 is 2.47 bits per heavy atom. The molecule has 0 spiro atoms. The van der Waals surface area contributed by atoms with E-state index in [0.717, 1.165) is 25.9 Å². The van der Waals surface area contributed by atoms with Gasteiger partial charge in [0.25, 0.3) is 0 Å². The quantitative estimate of drug-likeness (QED) is 0.824. The van der Waals surface area contributed by atoms with Crippen molar-refractivity contribution in [1.82, 2.24) is 4.90 Å². The average molecular weight is 243 g/mol. The first-order chi connectivity index (χ1) is 7.87. The normalized spacial score (nSPS) is 18.8. The number of hydrogen-bond donors (Lipinski definition) is 1. The molecule has 0 saturated carbocycles. The van der Waals surface area contributed by atoms with Crippen molar-refractivity contribution in [3.8, 4) is 0 Å². The summed E-state index contributed by atoms with van der Waals surface area (Å²) in [5.74, 6) is 1.05. The van der Waals surface area contributed by atoms with E-state index >= 15 is 0 Å². The summed E-state index contributed by atoms with van der Waals surface area (Å²) in [7, 11) is 0. The molecule has 1 heterocycles. The first-order valence-electron chi connectivity index (χ1n) is 6.46. The second-order valence-electron chi connectivity index (χ2n) is 5.83. The maximum absolute atomic E-state index is 11.7. The van der Waals surface area contributed by atoms with Crippen LogP contribution in [0.2, 0.25) is 0 Å². The van der Waals surface area contributed by atoms with Gasteiger partial charge in [-0.3, -0.25) is 0 Å². The van der Waals surface area contributed by atoms with E-state index in [2.05, 4.69) is 6.92 Å². The Balaban J connectivity index is 2.33. The van der Waals surface area contributed by atoms with E-state index in [1.54, 1.807) is 4.90 Å². The second kappa shape index (κ2) is 5.71. The van der Waals surface area contributed by atoms with Crippen LogP contribution in [0.4, 0.5) is 4.79 Å². The molecule has 1 atom stereocenters. The molecule has 0 aromatic carbocycles.